The van der Waals surface area contributed by atoms with E-state index in [1.54, 1.807) is 7.11 Å². The van der Waals surface area contributed by atoms with Gasteiger partial charge in [-0.3, -0.25) is 0 Å². The molecule has 0 radical (unpaired) electrons. The summed E-state index contributed by atoms with van der Waals surface area (Å²) in [6.45, 7) is 0.614. The monoisotopic (exact) mass is 718 g/mol. The van der Waals surface area contributed by atoms with Crippen molar-refractivity contribution in [1.29, 1.82) is 5.26 Å². The Hall–Kier alpha value is -4.56. The van der Waals surface area contributed by atoms with Gasteiger partial charge >= 0.3 is 0 Å². The maximum absolute atomic E-state index is 9.90. The Morgan fingerprint density at radius 3 is 1.90 bits per heavy atom. The van der Waals surface area contributed by atoms with Gasteiger partial charge in [0.1, 0.15) is 52.1 Å². The largest absolute Gasteiger partial charge is 1.00 e. The summed E-state index contributed by atoms with van der Waals surface area (Å²) in [6, 6.07) is 49.0. The number of allylic oxidation sites excluding steroid dienone is 1. The summed E-state index contributed by atoms with van der Waals surface area (Å²) in [4.78, 5) is 0. The lowest BCUT2D eigenvalue weighted by Gasteiger charge is -2.27. The standard InChI is InChI=1S/C41H40N2O3P.BrH/c1-44-32-17-15-16-31(28-32)40-37-25-24-33(29-39(37)46-41(43)38(40)30-42)45-26-13-2-3-14-27-47(34-18-7-4-8-19-34,35-20-9-5-10-21-35)36-22-11-6-12-23-36;/h4-12,15-25,28-29,40H,2-3,13-14,26-27,43H2,1H3;1H/q+1;/p-1. The zero-order chi connectivity index (χ0) is 32.5. The number of halogens is 1. The molecule has 1 heterocycles. The number of methoxy groups -OCH3 is 1. The number of ether oxygens (including phenoxy) is 3. The van der Waals surface area contributed by atoms with Crippen molar-refractivity contribution in [1.82, 2.24) is 0 Å². The van der Waals surface area contributed by atoms with Crippen LogP contribution in [-0.2, 0) is 0 Å². The van der Waals surface area contributed by atoms with E-state index in [1.807, 2.05) is 42.5 Å². The number of hydrogen-bond donors (Lipinski definition) is 1. The number of unbranched alkanes of at least 4 members (excludes halogenated alkanes) is 3. The van der Waals surface area contributed by atoms with Gasteiger partial charge in [0, 0.05) is 11.6 Å². The Labute approximate surface area is 295 Å². The highest BCUT2D eigenvalue weighted by Gasteiger charge is 2.44. The minimum absolute atomic E-state index is 0. The molecule has 0 aromatic heterocycles. The summed E-state index contributed by atoms with van der Waals surface area (Å²) in [7, 11) is -0.169. The Kier molecular flexibility index (Phi) is 12.0. The van der Waals surface area contributed by atoms with Gasteiger partial charge < -0.3 is 36.9 Å². The molecule has 7 heteroatoms. The topological polar surface area (TPSA) is 77.5 Å². The van der Waals surface area contributed by atoms with Gasteiger partial charge in [0.25, 0.3) is 0 Å². The van der Waals surface area contributed by atoms with Crippen LogP contribution in [0, 0.1) is 11.3 Å². The lowest BCUT2D eigenvalue weighted by Crippen LogP contribution is -3.00. The second-order valence-electron chi connectivity index (χ2n) is 11.7. The summed E-state index contributed by atoms with van der Waals surface area (Å²) >= 11 is 0. The average Bonchev–Trinajstić information content (AvgIpc) is 3.13. The lowest BCUT2D eigenvalue weighted by atomic mass is 9.83. The zero-order valence-corrected chi connectivity index (χ0v) is 29.6. The van der Waals surface area contributed by atoms with E-state index in [9.17, 15) is 5.26 Å². The van der Waals surface area contributed by atoms with Crippen molar-refractivity contribution in [3.63, 3.8) is 0 Å². The molecule has 1 aliphatic rings. The Morgan fingerprint density at radius 2 is 1.31 bits per heavy atom. The van der Waals surface area contributed by atoms with E-state index in [0.717, 1.165) is 54.5 Å². The summed E-state index contributed by atoms with van der Waals surface area (Å²) in [5.41, 5.74) is 8.41. The number of nitrogens with two attached hydrogens (primary N) is 1. The third-order valence-corrected chi connectivity index (χ3v) is 13.4. The van der Waals surface area contributed by atoms with Gasteiger partial charge in [0.05, 0.1) is 25.8 Å². The van der Waals surface area contributed by atoms with Gasteiger partial charge in [-0.15, -0.1) is 0 Å². The molecular formula is C41H40BrN2O3P. The molecule has 0 amide bonds. The molecule has 5 nitrogen and oxygen atoms in total. The minimum Gasteiger partial charge on any atom is -1.00 e. The second kappa shape index (κ2) is 16.5. The van der Waals surface area contributed by atoms with Crippen LogP contribution < -0.4 is 52.8 Å². The van der Waals surface area contributed by atoms with Crippen molar-refractivity contribution in [3.8, 4) is 23.3 Å². The van der Waals surface area contributed by atoms with E-state index in [2.05, 4.69) is 97.1 Å². The predicted molar refractivity (Wildman–Crippen MR) is 193 cm³/mol. The quantitative estimate of drug-likeness (QED) is 0.139. The summed E-state index contributed by atoms with van der Waals surface area (Å²) in [6.07, 6.45) is 5.43. The van der Waals surface area contributed by atoms with Gasteiger partial charge in [0.2, 0.25) is 5.88 Å². The highest BCUT2D eigenvalue weighted by molar-refractivity contribution is 7.95. The van der Waals surface area contributed by atoms with Gasteiger partial charge in [-0.2, -0.15) is 5.26 Å². The van der Waals surface area contributed by atoms with E-state index in [1.165, 1.54) is 15.9 Å². The van der Waals surface area contributed by atoms with Crippen LogP contribution in [0.4, 0.5) is 0 Å². The molecule has 244 valence electrons. The van der Waals surface area contributed by atoms with Crippen molar-refractivity contribution >= 4 is 23.2 Å². The molecule has 0 spiro atoms. The van der Waals surface area contributed by atoms with Gasteiger partial charge in [-0.05, 0) is 85.8 Å². The van der Waals surface area contributed by atoms with Crippen molar-refractivity contribution in [2.45, 2.75) is 31.6 Å². The number of benzene rings is 5. The summed E-state index contributed by atoms with van der Waals surface area (Å²) in [5.74, 6) is 1.83. The van der Waals surface area contributed by atoms with Crippen LogP contribution in [0.15, 0.2) is 145 Å². The molecule has 6 rings (SSSR count). The molecule has 0 saturated carbocycles. The van der Waals surface area contributed by atoms with Crippen LogP contribution in [0.1, 0.15) is 42.7 Å². The van der Waals surface area contributed by atoms with Crippen LogP contribution in [0.2, 0.25) is 0 Å². The van der Waals surface area contributed by atoms with Crippen LogP contribution in [0.3, 0.4) is 0 Å². The average molecular weight is 720 g/mol. The van der Waals surface area contributed by atoms with Crippen molar-refractivity contribution in [2.75, 3.05) is 19.9 Å². The predicted octanol–water partition coefficient (Wildman–Crippen LogP) is 4.85. The van der Waals surface area contributed by atoms with E-state index in [4.69, 9.17) is 19.9 Å². The molecule has 2 N–H and O–H groups in total. The van der Waals surface area contributed by atoms with E-state index in [-0.39, 0.29) is 28.8 Å². The smallest absolute Gasteiger partial charge is 0.205 e. The van der Waals surface area contributed by atoms with Crippen molar-refractivity contribution in [3.05, 3.63) is 156 Å². The van der Waals surface area contributed by atoms with Gasteiger partial charge in [-0.1, -0.05) is 72.8 Å². The third-order valence-electron chi connectivity index (χ3n) is 8.87. The van der Waals surface area contributed by atoms with Crippen LogP contribution in [0.5, 0.6) is 17.2 Å². The molecule has 0 fully saturated rings. The molecule has 0 bridgehead atoms. The molecular weight excluding hydrogens is 679 g/mol. The molecule has 5 aromatic carbocycles. The first-order chi connectivity index (χ1) is 23.1. The highest BCUT2D eigenvalue weighted by atomic mass is 79.9. The summed E-state index contributed by atoms with van der Waals surface area (Å²) < 4.78 is 17.5. The van der Waals surface area contributed by atoms with Crippen LogP contribution in [-0.4, -0.2) is 19.9 Å². The molecule has 0 aliphatic carbocycles. The second-order valence-corrected chi connectivity index (χ2v) is 15.3. The van der Waals surface area contributed by atoms with Crippen LogP contribution in [0.25, 0.3) is 0 Å². The van der Waals surface area contributed by atoms with Gasteiger partial charge in [-0.25, -0.2) is 0 Å². The number of nitrogens with zero attached hydrogens (tertiary/aromatic N) is 1. The number of nitriles is 1. The number of fused-ring (bicyclic) bond motifs is 1. The molecule has 1 unspecified atom stereocenters. The van der Waals surface area contributed by atoms with Crippen molar-refractivity contribution in [2.24, 2.45) is 5.73 Å². The number of hydrogen-bond acceptors (Lipinski definition) is 5. The Morgan fingerprint density at radius 1 is 0.708 bits per heavy atom. The van der Waals surface area contributed by atoms with E-state index >= 15 is 0 Å². The summed E-state index contributed by atoms with van der Waals surface area (Å²) in [5, 5.41) is 14.2. The first kappa shape index (κ1) is 34.8. The van der Waals surface area contributed by atoms with Crippen LogP contribution >= 0.6 is 7.26 Å². The number of rotatable bonds is 13. The molecule has 0 saturated heterocycles. The Balaban J connectivity index is 0.00000451. The van der Waals surface area contributed by atoms with E-state index < -0.39 is 7.26 Å². The molecule has 1 atom stereocenters. The normalized spacial score (nSPS) is 13.8. The first-order valence-corrected chi connectivity index (χ1v) is 18.1. The minimum atomic E-state index is -1.80. The zero-order valence-electron chi connectivity index (χ0n) is 27.1. The third kappa shape index (κ3) is 7.44. The first-order valence-electron chi connectivity index (χ1n) is 16.2. The fourth-order valence-corrected chi connectivity index (χ4v) is 11.0. The van der Waals surface area contributed by atoms with Crippen molar-refractivity contribution < 1.29 is 31.2 Å². The Bertz CT molecular complexity index is 1760. The maximum atomic E-state index is 9.90. The fraction of sp³-hybridized carbons (Fsp3) is 0.195. The van der Waals surface area contributed by atoms with Gasteiger partial charge in [0.15, 0.2) is 0 Å². The maximum Gasteiger partial charge on any atom is 0.205 e. The SMILES string of the molecule is COc1cccc(C2C(C#N)=C(N)Oc3cc(OCCCCCC[P+](c4ccccc4)(c4ccccc4)c4ccccc4)ccc32)c1.[Br-]. The fourth-order valence-electron chi connectivity index (χ4n) is 6.57. The highest BCUT2D eigenvalue weighted by Crippen LogP contribution is 2.56. The molecule has 5 aromatic rings. The molecule has 1 aliphatic heterocycles. The molecule has 48 heavy (non-hydrogen) atoms. The lowest BCUT2D eigenvalue weighted by molar-refractivity contribution is -0.0000110. The van der Waals surface area contributed by atoms with E-state index in [0.29, 0.717) is 17.9 Å².